The molecule has 0 bridgehead atoms. The first-order chi connectivity index (χ1) is 9.38. The molecule has 104 valence electrons. The Balaban J connectivity index is 2.35. The van der Waals surface area contributed by atoms with Gasteiger partial charge in [-0.05, 0) is 30.3 Å². The molecule has 3 nitrogen and oxygen atoms in total. The van der Waals surface area contributed by atoms with Gasteiger partial charge < -0.3 is 10.4 Å². The second-order valence-electron chi connectivity index (χ2n) is 3.86. The molecule has 20 heavy (non-hydrogen) atoms. The number of phenolic OH excluding ortho intramolecular Hbond substituents is 1. The van der Waals surface area contributed by atoms with Crippen LogP contribution in [-0.2, 0) is 0 Å². The Morgan fingerprint density at radius 1 is 1.05 bits per heavy atom. The molecule has 0 aliphatic heterocycles. The number of phenols is 1. The van der Waals surface area contributed by atoms with Crippen molar-refractivity contribution in [1.82, 2.24) is 0 Å². The maximum atomic E-state index is 13.0. The van der Waals surface area contributed by atoms with Gasteiger partial charge in [0.2, 0.25) is 0 Å². The van der Waals surface area contributed by atoms with Crippen molar-refractivity contribution in [2.45, 2.75) is 0 Å². The first-order valence-electron chi connectivity index (χ1n) is 5.33. The Labute approximate surface area is 128 Å². The second kappa shape index (κ2) is 5.87. The molecule has 0 heterocycles. The lowest BCUT2D eigenvalue weighted by Crippen LogP contribution is -2.13. The predicted molar refractivity (Wildman–Crippen MR) is 77.5 cm³/mol. The lowest BCUT2D eigenvalue weighted by molar-refractivity contribution is 0.102. The fraction of sp³-hybridized carbons (Fsp3) is 0. The Kier molecular flexibility index (Phi) is 4.38. The van der Waals surface area contributed by atoms with E-state index in [9.17, 15) is 14.3 Å². The number of anilines is 1. The minimum absolute atomic E-state index is 0.0420. The average Bonchev–Trinajstić information content (AvgIpc) is 2.36. The van der Waals surface area contributed by atoms with Crippen molar-refractivity contribution >= 4 is 46.4 Å². The summed E-state index contributed by atoms with van der Waals surface area (Å²) in [5.74, 6) is -1.36. The number of aromatic hydroxyl groups is 1. The summed E-state index contributed by atoms with van der Waals surface area (Å²) >= 11 is 17.5. The van der Waals surface area contributed by atoms with Gasteiger partial charge in [-0.1, -0.05) is 34.8 Å². The lowest BCUT2D eigenvalue weighted by Gasteiger charge is -2.10. The summed E-state index contributed by atoms with van der Waals surface area (Å²) in [5.41, 5.74) is 0.113. The highest BCUT2D eigenvalue weighted by Gasteiger charge is 2.16. The first kappa shape index (κ1) is 14.9. The number of amides is 1. The number of halogens is 4. The SMILES string of the molecule is O=C(Nc1c(Cl)cc(F)cc1Cl)c1cc(O)ccc1Cl. The van der Waals surface area contributed by atoms with Gasteiger partial charge in [-0.25, -0.2) is 4.39 Å². The largest absolute Gasteiger partial charge is 0.508 e. The first-order valence-corrected chi connectivity index (χ1v) is 6.46. The Bertz CT molecular complexity index is 668. The third-order valence-electron chi connectivity index (χ3n) is 2.44. The van der Waals surface area contributed by atoms with E-state index in [0.29, 0.717) is 0 Å². The summed E-state index contributed by atoms with van der Waals surface area (Å²) in [4.78, 5) is 12.1. The molecule has 7 heteroatoms. The molecule has 0 aliphatic rings. The van der Waals surface area contributed by atoms with Crippen LogP contribution in [0.5, 0.6) is 5.75 Å². The highest BCUT2D eigenvalue weighted by Crippen LogP contribution is 2.32. The van der Waals surface area contributed by atoms with Crippen LogP contribution in [0.25, 0.3) is 0 Å². The van der Waals surface area contributed by atoms with E-state index in [1.807, 2.05) is 0 Å². The molecule has 0 spiro atoms. The minimum Gasteiger partial charge on any atom is -0.508 e. The average molecular weight is 335 g/mol. The Morgan fingerprint density at radius 3 is 2.25 bits per heavy atom. The normalized spacial score (nSPS) is 10.4. The van der Waals surface area contributed by atoms with E-state index in [4.69, 9.17) is 34.8 Å². The van der Waals surface area contributed by atoms with Crippen LogP contribution in [0.4, 0.5) is 10.1 Å². The van der Waals surface area contributed by atoms with Crippen LogP contribution in [-0.4, -0.2) is 11.0 Å². The topological polar surface area (TPSA) is 49.3 Å². The quantitative estimate of drug-likeness (QED) is 0.833. The van der Waals surface area contributed by atoms with E-state index in [-0.39, 0.29) is 32.1 Å². The summed E-state index contributed by atoms with van der Waals surface area (Å²) in [6.07, 6.45) is 0. The third-order valence-corrected chi connectivity index (χ3v) is 3.37. The van der Waals surface area contributed by atoms with Crippen molar-refractivity contribution < 1.29 is 14.3 Å². The van der Waals surface area contributed by atoms with Crippen molar-refractivity contribution in [1.29, 1.82) is 0 Å². The predicted octanol–water partition coefficient (Wildman–Crippen LogP) is 4.74. The molecule has 2 aromatic carbocycles. The van der Waals surface area contributed by atoms with Gasteiger partial charge in [-0.3, -0.25) is 4.79 Å². The Morgan fingerprint density at radius 2 is 1.65 bits per heavy atom. The van der Waals surface area contributed by atoms with Gasteiger partial charge in [0.15, 0.2) is 0 Å². The maximum absolute atomic E-state index is 13.0. The molecule has 0 atom stereocenters. The smallest absolute Gasteiger partial charge is 0.257 e. The standard InChI is InChI=1S/C13H7Cl3FNO2/c14-9-2-1-7(19)5-8(9)13(20)18-12-10(15)3-6(17)4-11(12)16/h1-5,19H,(H,18,20). The molecular formula is C13H7Cl3FNO2. The molecule has 0 aliphatic carbocycles. The molecule has 0 aromatic heterocycles. The van der Waals surface area contributed by atoms with E-state index in [1.165, 1.54) is 18.2 Å². The van der Waals surface area contributed by atoms with E-state index in [0.717, 1.165) is 12.1 Å². The van der Waals surface area contributed by atoms with Crippen LogP contribution in [0, 0.1) is 5.82 Å². The van der Waals surface area contributed by atoms with Crippen LogP contribution in [0.3, 0.4) is 0 Å². The molecule has 1 amide bonds. The summed E-state index contributed by atoms with van der Waals surface area (Å²) < 4.78 is 13.0. The molecule has 0 fully saturated rings. The minimum atomic E-state index is -0.624. The van der Waals surface area contributed by atoms with Crippen molar-refractivity contribution in [3.63, 3.8) is 0 Å². The summed E-state index contributed by atoms with van der Waals surface area (Å²) in [6, 6.07) is 5.96. The van der Waals surface area contributed by atoms with Crippen molar-refractivity contribution in [3.05, 3.63) is 56.8 Å². The fourth-order valence-electron chi connectivity index (χ4n) is 1.53. The second-order valence-corrected chi connectivity index (χ2v) is 5.08. The van der Waals surface area contributed by atoms with Gasteiger partial charge >= 0.3 is 0 Å². The van der Waals surface area contributed by atoms with Gasteiger partial charge in [0.1, 0.15) is 11.6 Å². The highest BCUT2D eigenvalue weighted by molar-refractivity contribution is 6.40. The third kappa shape index (κ3) is 3.15. The van der Waals surface area contributed by atoms with Crippen LogP contribution in [0.2, 0.25) is 15.1 Å². The summed E-state index contributed by atoms with van der Waals surface area (Å²) in [7, 11) is 0. The molecule has 2 rings (SSSR count). The maximum Gasteiger partial charge on any atom is 0.257 e. The monoisotopic (exact) mass is 333 g/mol. The Hall–Kier alpha value is -1.49. The molecule has 0 radical (unpaired) electrons. The fourth-order valence-corrected chi connectivity index (χ4v) is 2.29. The van der Waals surface area contributed by atoms with E-state index >= 15 is 0 Å². The van der Waals surface area contributed by atoms with Gasteiger partial charge in [0.05, 0.1) is 26.3 Å². The zero-order chi connectivity index (χ0) is 14.9. The summed E-state index contributed by atoms with van der Waals surface area (Å²) in [5, 5.41) is 11.8. The molecule has 2 N–H and O–H groups in total. The number of rotatable bonds is 2. The van der Waals surface area contributed by atoms with Crippen molar-refractivity contribution in [3.8, 4) is 5.75 Å². The zero-order valence-corrected chi connectivity index (χ0v) is 12.0. The number of carbonyl (C=O) groups is 1. The van der Waals surface area contributed by atoms with Crippen molar-refractivity contribution in [2.75, 3.05) is 5.32 Å². The van der Waals surface area contributed by atoms with Gasteiger partial charge in [0, 0.05) is 0 Å². The molecule has 0 unspecified atom stereocenters. The molecular weight excluding hydrogens is 328 g/mol. The van der Waals surface area contributed by atoms with E-state index in [1.54, 1.807) is 0 Å². The van der Waals surface area contributed by atoms with Crippen LogP contribution >= 0.6 is 34.8 Å². The van der Waals surface area contributed by atoms with Crippen LogP contribution in [0.15, 0.2) is 30.3 Å². The number of nitrogens with one attached hydrogen (secondary N) is 1. The number of hydrogen-bond acceptors (Lipinski definition) is 2. The van der Waals surface area contributed by atoms with E-state index in [2.05, 4.69) is 5.32 Å². The van der Waals surface area contributed by atoms with E-state index < -0.39 is 11.7 Å². The summed E-state index contributed by atoms with van der Waals surface area (Å²) in [6.45, 7) is 0. The molecule has 0 saturated heterocycles. The van der Waals surface area contributed by atoms with Crippen LogP contribution < -0.4 is 5.32 Å². The van der Waals surface area contributed by atoms with Crippen LogP contribution in [0.1, 0.15) is 10.4 Å². The lowest BCUT2D eigenvalue weighted by atomic mass is 10.2. The van der Waals surface area contributed by atoms with Gasteiger partial charge in [0.25, 0.3) is 5.91 Å². The molecule has 0 saturated carbocycles. The van der Waals surface area contributed by atoms with Gasteiger partial charge in [-0.2, -0.15) is 0 Å². The van der Waals surface area contributed by atoms with Gasteiger partial charge in [-0.15, -0.1) is 0 Å². The van der Waals surface area contributed by atoms with Crippen molar-refractivity contribution in [2.24, 2.45) is 0 Å². The zero-order valence-electron chi connectivity index (χ0n) is 9.75. The number of carbonyl (C=O) groups excluding carboxylic acids is 1. The highest BCUT2D eigenvalue weighted by atomic mass is 35.5. The number of benzene rings is 2. The molecule has 2 aromatic rings. The number of hydrogen-bond donors (Lipinski definition) is 2.